The molecule has 1 unspecified atom stereocenters. The lowest BCUT2D eigenvalue weighted by atomic mass is 9.53. The average molecular weight is 219 g/mol. The molecule has 0 bridgehead atoms. The van der Waals surface area contributed by atoms with Crippen molar-refractivity contribution in [3.8, 4) is 0 Å². The molecule has 15 heavy (non-hydrogen) atoms. The smallest absolute Gasteiger partial charge is 0.224 e. The zero-order valence-corrected chi connectivity index (χ0v) is 11.8. The minimum absolute atomic E-state index is 0.300. The number of nitrogens with zero attached hydrogens (tertiary/aromatic N) is 1. The zero-order valence-electron chi connectivity index (χ0n) is 10.8. The molecule has 1 fully saturated rings. The van der Waals surface area contributed by atoms with E-state index in [-0.39, 0.29) is 0 Å². The number of hydrogen-bond donors (Lipinski definition) is 0. The molecule has 0 saturated carbocycles. The Labute approximate surface area is 95.4 Å². The monoisotopic (exact) mass is 219 g/mol. The quantitative estimate of drug-likeness (QED) is 0.565. The van der Waals surface area contributed by atoms with E-state index in [9.17, 15) is 0 Å². The molecule has 0 radical (unpaired) electrons. The molecule has 1 atom stereocenters. The summed E-state index contributed by atoms with van der Waals surface area (Å²) >= 11 is 0. The van der Waals surface area contributed by atoms with Gasteiger partial charge < -0.3 is 4.48 Å². The van der Waals surface area contributed by atoms with Gasteiger partial charge in [0, 0.05) is 0 Å². The van der Waals surface area contributed by atoms with E-state index in [0.29, 0.717) is 18.2 Å². The zero-order chi connectivity index (χ0) is 11.4. The first-order valence-electron chi connectivity index (χ1n) is 5.94. The fraction of sp³-hybridized carbons (Fsp3) is 0.667. The highest BCUT2D eigenvalue weighted by molar-refractivity contribution is 6.95. The molecule has 3 heteroatoms. The molecule has 2 rings (SSSR count). The third-order valence-corrected chi connectivity index (χ3v) is 8.11. The number of hydrogen-bond acceptors (Lipinski definition) is 1. The van der Waals surface area contributed by atoms with Gasteiger partial charge in [-0.1, -0.05) is 43.3 Å². The van der Waals surface area contributed by atoms with Gasteiger partial charge in [-0.2, -0.15) is 0 Å². The van der Waals surface area contributed by atoms with E-state index < -0.39 is 8.24 Å². The summed E-state index contributed by atoms with van der Waals surface area (Å²) in [6.07, 6.45) is 7.02. The Balaban J connectivity index is 2.44. The first-order chi connectivity index (χ1) is 6.76. The molecule has 0 aromatic carbocycles. The maximum absolute atomic E-state index is 2.79. The molecular formula is C12H22BNSi. The highest BCUT2D eigenvalue weighted by atomic mass is 28.3. The second kappa shape index (κ2) is 3.11. The van der Waals surface area contributed by atoms with Crippen LogP contribution in [0.5, 0.6) is 0 Å². The third-order valence-electron chi connectivity index (χ3n) is 3.91. The number of allylic oxidation sites excluding steroid dienone is 4. The second-order valence-electron chi connectivity index (χ2n) is 6.37. The predicted octanol–water partition coefficient (Wildman–Crippen LogP) is 3.33. The van der Waals surface area contributed by atoms with E-state index in [1.54, 1.807) is 5.20 Å². The fourth-order valence-corrected chi connectivity index (χ4v) is 8.58. The third kappa shape index (κ3) is 1.48. The molecule has 2 aliphatic rings. The topological polar surface area (TPSA) is 3.24 Å². The lowest BCUT2D eigenvalue weighted by molar-refractivity contribution is 0.362. The Morgan fingerprint density at radius 2 is 1.93 bits per heavy atom. The molecule has 1 aliphatic carbocycles. The molecule has 0 aromatic rings. The van der Waals surface area contributed by atoms with Gasteiger partial charge in [0.2, 0.25) is 6.85 Å². The van der Waals surface area contributed by atoms with Crippen LogP contribution in [-0.4, -0.2) is 25.1 Å². The Bertz CT molecular complexity index is 338. The minimum atomic E-state index is -1.37. The van der Waals surface area contributed by atoms with Crippen LogP contribution in [0.4, 0.5) is 0 Å². The standard InChI is InChI=1S/C12H22BNSi/c1-12(2,3)14-13(4)10-8-7-9-11(10)15(14,5)6/h7-10H,1-6H3. The van der Waals surface area contributed by atoms with Crippen molar-refractivity contribution in [2.24, 2.45) is 0 Å². The maximum atomic E-state index is 2.79. The van der Waals surface area contributed by atoms with Crippen LogP contribution in [0.1, 0.15) is 20.8 Å². The Kier molecular flexibility index (Phi) is 2.33. The van der Waals surface area contributed by atoms with Crippen LogP contribution in [0.3, 0.4) is 0 Å². The molecule has 1 saturated heterocycles. The summed E-state index contributed by atoms with van der Waals surface area (Å²) in [6, 6.07) is 0. The van der Waals surface area contributed by atoms with Gasteiger partial charge in [-0.3, -0.25) is 0 Å². The van der Waals surface area contributed by atoms with Crippen molar-refractivity contribution >= 4 is 15.1 Å². The van der Waals surface area contributed by atoms with E-state index in [0.717, 1.165) is 0 Å². The summed E-state index contributed by atoms with van der Waals surface area (Å²) in [5, 5.41) is 1.73. The molecule has 1 nitrogen and oxygen atoms in total. The summed E-state index contributed by atoms with van der Waals surface area (Å²) in [4.78, 5) is 0. The van der Waals surface area contributed by atoms with Crippen LogP contribution in [0.15, 0.2) is 23.4 Å². The predicted molar refractivity (Wildman–Crippen MR) is 71.7 cm³/mol. The lowest BCUT2D eigenvalue weighted by Crippen LogP contribution is -2.58. The van der Waals surface area contributed by atoms with E-state index >= 15 is 0 Å². The van der Waals surface area contributed by atoms with Crippen molar-refractivity contribution in [3.63, 3.8) is 0 Å². The van der Waals surface area contributed by atoms with Gasteiger partial charge in [0.1, 0.15) is 8.24 Å². The van der Waals surface area contributed by atoms with Gasteiger partial charge in [0.15, 0.2) is 0 Å². The Morgan fingerprint density at radius 3 is 2.40 bits per heavy atom. The largest absolute Gasteiger partial charge is 0.356 e. The Morgan fingerprint density at radius 1 is 1.33 bits per heavy atom. The molecule has 0 amide bonds. The van der Waals surface area contributed by atoms with Gasteiger partial charge in [-0.05, 0) is 32.1 Å². The maximum Gasteiger partial charge on any atom is 0.224 e. The second-order valence-corrected chi connectivity index (χ2v) is 10.6. The normalized spacial score (nSPS) is 29.6. The molecule has 0 aromatic heterocycles. The van der Waals surface area contributed by atoms with Crippen LogP contribution in [0.25, 0.3) is 0 Å². The van der Waals surface area contributed by atoms with Gasteiger partial charge in [-0.15, -0.1) is 0 Å². The first kappa shape index (κ1) is 11.2. The van der Waals surface area contributed by atoms with E-state index in [1.807, 2.05) is 0 Å². The van der Waals surface area contributed by atoms with Crippen molar-refractivity contribution in [1.29, 1.82) is 0 Å². The first-order valence-corrected chi connectivity index (χ1v) is 8.89. The molecule has 82 valence electrons. The van der Waals surface area contributed by atoms with Crippen LogP contribution in [-0.2, 0) is 0 Å². The van der Waals surface area contributed by atoms with Gasteiger partial charge in [0.05, 0.1) is 0 Å². The minimum Gasteiger partial charge on any atom is -0.356 e. The summed E-state index contributed by atoms with van der Waals surface area (Å²) < 4.78 is 2.79. The highest BCUT2D eigenvalue weighted by Gasteiger charge is 2.54. The fourth-order valence-electron chi connectivity index (χ4n) is 3.78. The molecule has 0 spiro atoms. The SMILES string of the molecule is CB1C2C=CC=C2[Si](C)(C)N1C(C)(C)C. The van der Waals surface area contributed by atoms with Crippen molar-refractivity contribution in [2.45, 2.75) is 52.0 Å². The lowest BCUT2D eigenvalue weighted by Gasteiger charge is -2.44. The van der Waals surface area contributed by atoms with E-state index in [1.165, 1.54) is 0 Å². The van der Waals surface area contributed by atoms with E-state index in [2.05, 4.69) is 63.4 Å². The molecule has 1 aliphatic heterocycles. The summed E-state index contributed by atoms with van der Waals surface area (Å²) in [5.41, 5.74) is 0.300. The Hall–Kier alpha value is -0.278. The van der Waals surface area contributed by atoms with Gasteiger partial charge in [0.25, 0.3) is 0 Å². The van der Waals surface area contributed by atoms with Crippen molar-refractivity contribution in [3.05, 3.63) is 23.4 Å². The van der Waals surface area contributed by atoms with Crippen LogP contribution >= 0.6 is 0 Å². The summed E-state index contributed by atoms with van der Waals surface area (Å²) in [5.74, 6) is 0.700. The van der Waals surface area contributed by atoms with Crippen molar-refractivity contribution < 1.29 is 0 Å². The van der Waals surface area contributed by atoms with E-state index in [4.69, 9.17) is 0 Å². The summed E-state index contributed by atoms with van der Waals surface area (Å²) in [6.45, 7) is 15.1. The van der Waals surface area contributed by atoms with Crippen LogP contribution in [0, 0.1) is 0 Å². The van der Waals surface area contributed by atoms with Crippen molar-refractivity contribution in [2.75, 3.05) is 0 Å². The molecule has 1 heterocycles. The molecule has 0 N–H and O–H groups in total. The van der Waals surface area contributed by atoms with Crippen LogP contribution < -0.4 is 0 Å². The number of rotatable bonds is 0. The van der Waals surface area contributed by atoms with Gasteiger partial charge in [-0.25, -0.2) is 0 Å². The van der Waals surface area contributed by atoms with Crippen LogP contribution in [0.2, 0.25) is 25.7 Å². The highest BCUT2D eigenvalue weighted by Crippen LogP contribution is 2.47. The summed E-state index contributed by atoms with van der Waals surface area (Å²) in [7, 11) is -1.37. The van der Waals surface area contributed by atoms with Crippen molar-refractivity contribution in [1.82, 2.24) is 4.48 Å². The van der Waals surface area contributed by atoms with Gasteiger partial charge >= 0.3 is 0 Å². The molecular weight excluding hydrogens is 197 g/mol. The average Bonchev–Trinajstić information content (AvgIpc) is 2.52. The number of fused-ring (bicyclic) bond motifs is 1.